The number of hydrogen-bond donors (Lipinski definition) is 1. The molecule has 0 spiro atoms. The lowest BCUT2D eigenvalue weighted by Crippen LogP contribution is -2.07. The predicted molar refractivity (Wildman–Crippen MR) is 77.1 cm³/mol. The van der Waals surface area contributed by atoms with Gasteiger partial charge >= 0.3 is 0 Å². The van der Waals surface area contributed by atoms with Crippen molar-refractivity contribution in [2.45, 2.75) is 40.2 Å². The van der Waals surface area contributed by atoms with Crippen molar-refractivity contribution in [1.29, 1.82) is 0 Å². The molecule has 0 fully saturated rings. The Balaban J connectivity index is 2.42. The monoisotopic (exact) mass is 259 g/mol. The molecule has 1 N–H and O–H groups in total. The summed E-state index contributed by atoms with van der Waals surface area (Å²) < 4.78 is 1.96. The zero-order chi connectivity index (χ0) is 13.7. The summed E-state index contributed by atoms with van der Waals surface area (Å²) in [7, 11) is 0. The summed E-state index contributed by atoms with van der Waals surface area (Å²) in [5, 5.41) is 7.58. The van der Waals surface area contributed by atoms with E-state index < -0.39 is 0 Å². The van der Waals surface area contributed by atoms with Crippen molar-refractivity contribution in [2.75, 3.05) is 11.9 Å². The molecular formula is C14H21N5. The SMILES string of the molecule is CCCn1nccc1-c1nc(CC)cc(NCC)n1. The van der Waals surface area contributed by atoms with Gasteiger partial charge in [-0.1, -0.05) is 13.8 Å². The summed E-state index contributed by atoms with van der Waals surface area (Å²) in [5.74, 6) is 1.63. The highest BCUT2D eigenvalue weighted by atomic mass is 15.3. The molecule has 0 atom stereocenters. The van der Waals surface area contributed by atoms with Crippen molar-refractivity contribution in [3.05, 3.63) is 24.0 Å². The Bertz CT molecular complexity index is 532. The van der Waals surface area contributed by atoms with E-state index in [1.54, 1.807) is 6.20 Å². The van der Waals surface area contributed by atoms with E-state index in [0.717, 1.165) is 49.0 Å². The molecule has 0 unspecified atom stereocenters. The lowest BCUT2D eigenvalue weighted by atomic mass is 10.3. The summed E-state index contributed by atoms with van der Waals surface area (Å²) >= 11 is 0. The summed E-state index contributed by atoms with van der Waals surface area (Å²) in [6.45, 7) is 8.05. The highest BCUT2D eigenvalue weighted by molar-refractivity contribution is 5.53. The van der Waals surface area contributed by atoms with Gasteiger partial charge in [-0.3, -0.25) is 4.68 Å². The molecule has 0 saturated carbocycles. The fraction of sp³-hybridized carbons (Fsp3) is 0.500. The first-order valence-corrected chi connectivity index (χ1v) is 6.92. The maximum Gasteiger partial charge on any atom is 0.180 e. The lowest BCUT2D eigenvalue weighted by molar-refractivity contribution is 0.606. The molecule has 0 bridgehead atoms. The Morgan fingerprint density at radius 1 is 1.21 bits per heavy atom. The van der Waals surface area contributed by atoms with Gasteiger partial charge in [0.1, 0.15) is 11.5 Å². The van der Waals surface area contributed by atoms with Crippen molar-refractivity contribution in [3.63, 3.8) is 0 Å². The standard InChI is InChI=1S/C14H21N5/c1-4-9-19-12(7-8-16-19)14-17-11(5-2)10-13(18-14)15-6-3/h7-8,10H,4-6,9H2,1-3H3,(H,15,17,18). The van der Waals surface area contributed by atoms with Gasteiger partial charge in [0.2, 0.25) is 0 Å². The van der Waals surface area contributed by atoms with E-state index in [1.165, 1.54) is 0 Å². The quantitative estimate of drug-likeness (QED) is 0.866. The highest BCUT2D eigenvalue weighted by Crippen LogP contribution is 2.18. The number of rotatable bonds is 6. The van der Waals surface area contributed by atoms with Crippen LogP contribution in [0.1, 0.15) is 32.9 Å². The predicted octanol–water partition coefficient (Wildman–Crippen LogP) is 2.74. The van der Waals surface area contributed by atoms with Crippen LogP contribution in [0.4, 0.5) is 5.82 Å². The molecule has 0 aliphatic heterocycles. The van der Waals surface area contributed by atoms with Crippen LogP contribution < -0.4 is 5.32 Å². The molecule has 0 aliphatic rings. The van der Waals surface area contributed by atoms with Crippen LogP contribution in [0.25, 0.3) is 11.5 Å². The van der Waals surface area contributed by atoms with Gasteiger partial charge in [0.05, 0.1) is 0 Å². The molecule has 0 aliphatic carbocycles. The van der Waals surface area contributed by atoms with Gasteiger partial charge < -0.3 is 5.32 Å². The van der Waals surface area contributed by atoms with E-state index in [2.05, 4.69) is 41.2 Å². The summed E-state index contributed by atoms with van der Waals surface area (Å²) in [6, 6.07) is 3.98. The molecule has 2 heterocycles. The van der Waals surface area contributed by atoms with E-state index in [1.807, 2.05) is 16.8 Å². The third-order valence-corrected chi connectivity index (χ3v) is 2.88. The van der Waals surface area contributed by atoms with Crippen LogP contribution in [0.15, 0.2) is 18.3 Å². The van der Waals surface area contributed by atoms with Gasteiger partial charge in [0.25, 0.3) is 0 Å². The van der Waals surface area contributed by atoms with Crippen LogP contribution >= 0.6 is 0 Å². The van der Waals surface area contributed by atoms with Gasteiger partial charge in [-0.25, -0.2) is 9.97 Å². The molecule has 19 heavy (non-hydrogen) atoms. The van der Waals surface area contributed by atoms with Crippen molar-refractivity contribution in [1.82, 2.24) is 19.7 Å². The fourth-order valence-corrected chi connectivity index (χ4v) is 1.98. The van der Waals surface area contributed by atoms with Crippen LogP contribution in [0.2, 0.25) is 0 Å². The number of anilines is 1. The smallest absolute Gasteiger partial charge is 0.180 e. The molecule has 0 amide bonds. The van der Waals surface area contributed by atoms with E-state index >= 15 is 0 Å². The van der Waals surface area contributed by atoms with Crippen molar-refractivity contribution in [2.24, 2.45) is 0 Å². The maximum absolute atomic E-state index is 4.61. The Hall–Kier alpha value is -1.91. The van der Waals surface area contributed by atoms with Gasteiger partial charge in [0, 0.05) is 31.0 Å². The van der Waals surface area contributed by atoms with Gasteiger partial charge in [-0.2, -0.15) is 5.10 Å². The Morgan fingerprint density at radius 3 is 2.74 bits per heavy atom. The minimum Gasteiger partial charge on any atom is -0.370 e. The van der Waals surface area contributed by atoms with Gasteiger partial charge in [-0.15, -0.1) is 0 Å². The molecule has 0 radical (unpaired) electrons. The van der Waals surface area contributed by atoms with E-state index in [4.69, 9.17) is 0 Å². The minimum atomic E-state index is 0.751. The van der Waals surface area contributed by atoms with Crippen molar-refractivity contribution >= 4 is 5.82 Å². The molecule has 5 nitrogen and oxygen atoms in total. The third-order valence-electron chi connectivity index (χ3n) is 2.88. The minimum absolute atomic E-state index is 0.751. The average Bonchev–Trinajstić information content (AvgIpc) is 2.87. The second kappa shape index (κ2) is 6.31. The number of nitrogens with zero attached hydrogens (tertiary/aromatic N) is 4. The molecule has 102 valence electrons. The Morgan fingerprint density at radius 2 is 2.05 bits per heavy atom. The summed E-state index contributed by atoms with van der Waals surface area (Å²) in [4.78, 5) is 9.18. The van der Waals surface area contributed by atoms with Crippen LogP contribution in [0, 0.1) is 0 Å². The fourth-order valence-electron chi connectivity index (χ4n) is 1.98. The molecule has 2 rings (SSSR count). The highest BCUT2D eigenvalue weighted by Gasteiger charge is 2.10. The van der Waals surface area contributed by atoms with E-state index in [-0.39, 0.29) is 0 Å². The molecule has 0 saturated heterocycles. The second-order valence-electron chi connectivity index (χ2n) is 4.39. The van der Waals surface area contributed by atoms with Gasteiger partial charge in [-0.05, 0) is 25.8 Å². The molecular weight excluding hydrogens is 238 g/mol. The van der Waals surface area contributed by atoms with Crippen LogP contribution in [0.3, 0.4) is 0 Å². The van der Waals surface area contributed by atoms with Crippen LogP contribution in [-0.4, -0.2) is 26.3 Å². The van der Waals surface area contributed by atoms with Crippen molar-refractivity contribution in [3.8, 4) is 11.5 Å². The molecule has 2 aromatic heterocycles. The van der Waals surface area contributed by atoms with E-state index in [0.29, 0.717) is 0 Å². The first kappa shape index (κ1) is 13.5. The number of hydrogen-bond acceptors (Lipinski definition) is 4. The zero-order valence-corrected chi connectivity index (χ0v) is 11.8. The number of nitrogens with one attached hydrogen (secondary N) is 1. The summed E-state index contributed by atoms with van der Waals surface area (Å²) in [5.41, 5.74) is 2.03. The maximum atomic E-state index is 4.61. The first-order chi connectivity index (χ1) is 9.28. The molecule has 5 heteroatoms. The number of aromatic nitrogens is 4. The van der Waals surface area contributed by atoms with E-state index in [9.17, 15) is 0 Å². The van der Waals surface area contributed by atoms with Crippen molar-refractivity contribution < 1.29 is 0 Å². The van der Waals surface area contributed by atoms with Gasteiger partial charge in [0.15, 0.2) is 5.82 Å². The summed E-state index contributed by atoms with van der Waals surface area (Å²) in [6.07, 6.45) is 3.75. The largest absolute Gasteiger partial charge is 0.370 e. The van der Waals surface area contributed by atoms with Crippen LogP contribution in [0.5, 0.6) is 0 Å². The lowest BCUT2D eigenvalue weighted by Gasteiger charge is -2.09. The second-order valence-corrected chi connectivity index (χ2v) is 4.39. The Labute approximate surface area is 114 Å². The molecule has 2 aromatic rings. The zero-order valence-electron chi connectivity index (χ0n) is 11.8. The van der Waals surface area contributed by atoms with Crippen LogP contribution in [-0.2, 0) is 13.0 Å². The third kappa shape index (κ3) is 3.10. The topological polar surface area (TPSA) is 55.6 Å². The normalized spacial score (nSPS) is 10.7. The number of aryl methyl sites for hydroxylation is 2. The molecule has 0 aromatic carbocycles. The Kier molecular flexibility index (Phi) is 4.49. The average molecular weight is 259 g/mol. The first-order valence-electron chi connectivity index (χ1n) is 6.92.